The lowest BCUT2D eigenvalue weighted by molar-refractivity contribution is -0.121. The van der Waals surface area contributed by atoms with Gasteiger partial charge >= 0.3 is 0 Å². The number of carbonyl (C=O) groups is 1. The van der Waals surface area contributed by atoms with E-state index in [1.165, 1.54) is 5.56 Å². The van der Waals surface area contributed by atoms with Crippen LogP contribution in [0.3, 0.4) is 0 Å². The Morgan fingerprint density at radius 2 is 1.88 bits per heavy atom. The number of amides is 1. The summed E-state index contributed by atoms with van der Waals surface area (Å²) in [5, 5.41) is 6.95. The number of nitrogens with zero attached hydrogens (tertiary/aromatic N) is 2. The van der Waals surface area contributed by atoms with E-state index < -0.39 is 0 Å². The van der Waals surface area contributed by atoms with E-state index in [1.54, 1.807) is 0 Å². The Bertz CT molecular complexity index is 672. The number of hydrogen-bond acceptors (Lipinski definition) is 4. The predicted molar refractivity (Wildman–Crippen MR) is 98.3 cm³/mol. The van der Waals surface area contributed by atoms with Crippen molar-refractivity contribution in [2.75, 3.05) is 6.54 Å². The summed E-state index contributed by atoms with van der Waals surface area (Å²) in [6.45, 7) is 10.9. The van der Waals surface area contributed by atoms with Crippen LogP contribution in [0.25, 0.3) is 0 Å². The first kappa shape index (κ1) is 19.2. The summed E-state index contributed by atoms with van der Waals surface area (Å²) in [7, 11) is 0. The molecule has 1 aromatic carbocycles. The van der Waals surface area contributed by atoms with Gasteiger partial charge in [0, 0.05) is 24.8 Å². The Hall–Kier alpha value is -2.17. The topological polar surface area (TPSA) is 68.0 Å². The number of carbonyl (C=O) groups excluding carboxylic acids is 1. The summed E-state index contributed by atoms with van der Waals surface area (Å²) < 4.78 is 5.27. The van der Waals surface area contributed by atoms with Crippen molar-refractivity contribution >= 4 is 5.91 Å². The molecule has 25 heavy (non-hydrogen) atoms. The highest BCUT2D eigenvalue weighted by Gasteiger charge is 2.22. The molecule has 1 heterocycles. The highest BCUT2D eigenvalue weighted by atomic mass is 16.5. The van der Waals surface area contributed by atoms with Crippen molar-refractivity contribution in [2.24, 2.45) is 5.92 Å². The number of rotatable bonds is 7. The second kappa shape index (κ2) is 8.28. The van der Waals surface area contributed by atoms with Gasteiger partial charge in [0.1, 0.15) is 0 Å². The molecule has 2 aromatic rings. The molecule has 0 aliphatic rings. The van der Waals surface area contributed by atoms with E-state index >= 15 is 0 Å². The monoisotopic (exact) mass is 343 g/mol. The zero-order chi connectivity index (χ0) is 18.4. The fraction of sp³-hybridized carbons (Fsp3) is 0.550. The van der Waals surface area contributed by atoms with E-state index in [1.807, 2.05) is 39.0 Å². The van der Waals surface area contributed by atoms with Crippen LogP contribution in [0.5, 0.6) is 0 Å². The SMILES string of the molecule is CC(C)C(CC(=O)NCCc1noc(C(C)(C)C)n1)c1ccccc1. The summed E-state index contributed by atoms with van der Waals surface area (Å²) in [5.74, 6) is 1.94. The Kier molecular flexibility index (Phi) is 6.34. The van der Waals surface area contributed by atoms with Gasteiger partial charge in [0.05, 0.1) is 0 Å². The van der Waals surface area contributed by atoms with Crippen molar-refractivity contribution in [1.29, 1.82) is 0 Å². The molecule has 0 bridgehead atoms. The molecule has 2 rings (SSSR count). The van der Waals surface area contributed by atoms with E-state index in [0.29, 0.717) is 37.0 Å². The summed E-state index contributed by atoms with van der Waals surface area (Å²) in [6.07, 6.45) is 1.06. The van der Waals surface area contributed by atoms with Gasteiger partial charge in [0.2, 0.25) is 11.8 Å². The third kappa shape index (κ3) is 5.69. The first-order valence-corrected chi connectivity index (χ1v) is 8.92. The van der Waals surface area contributed by atoms with Crippen LogP contribution in [0.15, 0.2) is 34.9 Å². The van der Waals surface area contributed by atoms with Gasteiger partial charge in [-0.3, -0.25) is 4.79 Å². The van der Waals surface area contributed by atoms with Gasteiger partial charge in [-0.1, -0.05) is 70.1 Å². The molecular formula is C20H29N3O2. The van der Waals surface area contributed by atoms with Crippen molar-refractivity contribution in [3.8, 4) is 0 Å². The first-order chi connectivity index (χ1) is 11.8. The van der Waals surface area contributed by atoms with E-state index in [0.717, 1.165) is 0 Å². The number of nitrogens with one attached hydrogen (secondary N) is 1. The van der Waals surface area contributed by atoms with E-state index in [-0.39, 0.29) is 17.2 Å². The van der Waals surface area contributed by atoms with Crippen molar-refractivity contribution in [3.05, 3.63) is 47.6 Å². The smallest absolute Gasteiger partial charge is 0.232 e. The minimum absolute atomic E-state index is 0.0575. The lowest BCUT2D eigenvalue weighted by Crippen LogP contribution is -2.28. The summed E-state index contributed by atoms with van der Waals surface area (Å²) in [5.41, 5.74) is 1.05. The van der Waals surface area contributed by atoms with Crippen molar-refractivity contribution < 1.29 is 9.32 Å². The van der Waals surface area contributed by atoms with Gasteiger partial charge in [0.25, 0.3) is 0 Å². The average Bonchev–Trinajstić information content (AvgIpc) is 3.02. The van der Waals surface area contributed by atoms with Crippen LogP contribution in [-0.4, -0.2) is 22.6 Å². The Labute approximate surface area is 150 Å². The molecule has 1 aromatic heterocycles. The second-order valence-electron chi connectivity index (χ2n) is 7.83. The third-order valence-electron chi connectivity index (χ3n) is 4.22. The summed E-state index contributed by atoms with van der Waals surface area (Å²) in [4.78, 5) is 16.7. The van der Waals surface area contributed by atoms with Crippen molar-refractivity contribution in [2.45, 2.75) is 58.8 Å². The molecule has 136 valence electrons. The van der Waals surface area contributed by atoms with Crippen LogP contribution in [0.2, 0.25) is 0 Å². The molecule has 0 aliphatic carbocycles. The van der Waals surface area contributed by atoms with Gasteiger partial charge in [-0.25, -0.2) is 0 Å². The van der Waals surface area contributed by atoms with Crippen LogP contribution in [0.1, 0.15) is 64.2 Å². The first-order valence-electron chi connectivity index (χ1n) is 8.92. The largest absolute Gasteiger partial charge is 0.356 e. The molecular weight excluding hydrogens is 314 g/mol. The van der Waals surface area contributed by atoms with Crippen LogP contribution in [0.4, 0.5) is 0 Å². The van der Waals surface area contributed by atoms with Gasteiger partial charge in [0.15, 0.2) is 5.82 Å². The summed E-state index contributed by atoms with van der Waals surface area (Å²) >= 11 is 0. The Morgan fingerprint density at radius 3 is 2.44 bits per heavy atom. The molecule has 1 unspecified atom stereocenters. The average molecular weight is 343 g/mol. The zero-order valence-electron chi connectivity index (χ0n) is 15.9. The Balaban J connectivity index is 1.84. The van der Waals surface area contributed by atoms with Crippen LogP contribution >= 0.6 is 0 Å². The molecule has 0 saturated heterocycles. The molecule has 0 fully saturated rings. The third-order valence-corrected chi connectivity index (χ3v) is 4.22. The number of aromatic nitrogens is 2. The van der Waals surface area contributed by atoms with Crippen LogP contribution in [-0.2, 0) is 16.6 Å². The maximum Gasteiger partial charge on any atom is 0.232 e. The highest BCUT2D eigenvalue weighted by Crippen LogP contribution is 2.27. The van der Waals surface area contributed by atoms with Gasteiger partial charge in [-0.15, -0.1) is 0 Å². The quantitative estimate of drug-likeness (QED) is 0.829. The van der Waals surface area contributed by atoms with Crippen LogP contribution < -0.4 is 5.32 Å². The molecule has 5 nitrogen and oxygen atoms in total. The lowest BCUT2D eigenvalue weighted by Gasteiger charge is -2.20. The molecule has 1 amide bonds. The van der Waals surface area contributed by atoms with Gasteiger partial charge in [-0.2, -0.15) is 4.98 Å². The standard InChI is InChI=1S/C20H29N3O2/c1-14(2)16(15-9-7-6-8-10-15)13-18(24)21-12-11-17-22-19(25-23-17)20(3,4)5/h6-10,14,16H,11-13H2,1-5H3,(H,21,24). The molecule has 0 aliphatic heterocycles. The summed E-state index contributed by atoms with van der Waals surface area (Å²) in [6, 6.07) is 10.2. The number of benzene rings is 1. The fourth-order valence-corrected chi connectivity index (χ4v) is 2.68. The maximum absolute atomic E-state index is 12.3. The number of hydrogen-bond donors (Lipinski definition) is 1. The molecule has 1 N–H and O–H groups in total. The van der Waals surface area contributed by atoms with Crippen molar-refractivity contribution in [3.63, 3.8) is 0 Å². The molecule has 0 radical (unpaired) electrons. The van der Waals surface area contributed by atoms with Crippen LogP contribution in [0, 0.1) is 5.92 Å². The minimum Gasteiger partial charge on any atom is -0.356 e. The lowest BCUT2D eigenvalue weighted by atomic mass is 9.85. The van der Waals surface area contributed by atoms with E-state index in [2.05, 4.69) is 41.4 Å². The van der Waals surface area contributed by atoms with E-state index in [4.69, 9.17) is 4.52 Å². The zero-order valence-corrected chi connectivity index (χ0v) is 15.9. The molecule has 5 heteroatoms. The fourth-order valence-electron chi connectivity index (χ4n) is 2.68. The normalized spacial score (nSPS) is 13.0. The van der Waals surface area contributed by atoms with Gasteiger partial charge in [-0.05, 0) is 17.4 Å². The Morgan fingerprint density at radius 1 is 1.20 bits per heavy atom. The molecule has 1 atom stereocenters. The predicted octanol–water partition coefficient (Wildman–Crippen LogP) is 3.86. The molecule has 0 saturated carbocycles. The maximum atomic E-state index is 12.3. The second-order valence-corrected chi connectivity index (χ2v) is 7.83. The highest BCUT2D eigenvalue weighted by molar-refractivity contribution is 5.76. The minimum atomic E-state index is -0.158. The van der Waals surface area contributed by atoms with E-state index in [9.17, 15) is 4.79 Å². The van der Waals surface area contributed by atoms with Crippen molar-refractivity contribution in [1.82, 2.24) is 15.5 Å². The molecule has 0 spiro atoms. The van der Waals surface area contributed by atoms with Gasteiger partial charge < -0.3 is 9.84 Å².